The minimum absolute atomic E-state index is 0.0423. The van der Waals surface area contributed by atoms with Crippen LogP contribution in [-0.2, 0) is 6.18 Å². The molecule has 0 aromatic heterocycles. The van der Waals surface area contributed by atoms with Gasteiger partial charge in [0.15, 0.2) is 0 Å². The van der Waals surface area contributed by atoms with Crippen LogP contribution >= 0.6 is 27.5 Å². The molecule has 1 atom stereocenters. The average molecular weight is 345 g/mol. The molecule has 0 fully saturated rings. The number of benzene rings is 1. The van der Waals surface area contributed by atoms with Crippen molar-refractivity contribution in [3.8, 4) is 0 Å². The lowest BCUT2D eigenvalue weighted by atomic mass is 10.2. The number of halogens is 5. The van der Waals surface area contributed by atoms with Crippen molar-refractivity contribution in [1.29, 1.82) is 0 Å². The summed E-state index contributed by atoms with van der Waals surface area (Å²) in [5.74, 6) is 0. The van der Waals surface area contributed by atoms with Crippen molar-refractivity contribution in [3.63, 3.8) is 0 Å². The maximum absolute atomic E-state index is 12.5. The highest BCUT2D eigenvalue weighted by atomic mass is 79.9. The van der Waals surface area contributed by atoms with Crippen LogP contribution in [0.1, 0.15) is 18.9 Å². The first-order valence-corrected chi connectivity index (χ1v) is 6.66. The van der Waals surface area contributed by atoms with Crippen molar-refractivity contribution in [3.05, 3.63) is 28.2 Å². The van der Waals surface area contributed by atoms with Gasteiger partial charge in [-0.05, 0) is 47.5 Å². The second-order valence-electron chi connectivity index (χ2n) is 4.15. The Morgan fingerprint density at radius 3 is 2.44 bits per heavy atom. The lowest BCUT2D eigenvalue weighted by Crippen LogP contribution is -2.21. The van der Waals surface area contributed by atoms with Crippen molar-refractivity contribution in [2.45, 2.75) is 24.9 Å². The van der Waals surface area contributed by atoms with E-state index >= 15 is 0 Å². The fourth-order valence-electron chi connectivity index (χ4n) is 1.48. The Hall–Kier alpha value is -0.420. The molecule has 0 bridgehead atoms. The molecule has 0 amide bonds. The standard InChI is InChI=1S/C12H14BrClF3N/c1-8(14)5-6-18(2)11-4-3-9(7-10(11)13)12(15,16)17/h3-4,7-8H,5-6H2,1-2H3. The van der Waals surface area contributed by atoms with Gasteiger partial charge in [0.2, 0.25) is 0 Å². The van der Waals surface area contributed by atoms with Crippen molar-refractivity contribution < 1.29 is 13.2 Å². The fourth-order valence-corrected chi connectivity index (χ4v) is 2.26. The van der Waals surface area contributed by atoms with Gasteiger partial charge in [0.25, 0.3) is 0 Å². The molecule has 0 N–H and O–H groups in total. The van der Waals surface area contributed by atoms with Gasteiger partial charge in [-0.2, -0.15) is 13.2 Å². The van der Waals surface area contributed by atoms with E-state index in [9.17, 15) is 13.2 Å². The van der Waals surface area contributed by atoms with Crippen molar-refractivity contribution >= 4 is 33.2 Å². The largest absolute Gasteiger partial charge is 0.416 e. The van der Waals surface area contributed by atoms with Crippen LogP contribution in [0.4, 0.5) is 18.9 Å². The van der Waals surface area contributed by atoms with Gasteiger partial charge in [-0.25, -0.2) is 0 Å². The highest BCUT2D eigenvalue weighted by molar-refractivity contribution is 9.10. The van der Waals surface area contributed by atoms with Gasteiger partial charge in [0, 0.05) is 23.4 Å². The van der Waals surface area contributed by atoms with Crippen LogP contribution in [-0.4, -0.2) is 19.0 Å². The summed E-state index contributed by atoms with van der Waals surface area (Å²) in [7, 11) is 1.83. The Labute approximate surface area is 118 Å². The molecule has 6 heteroatoms. The Bertz CT molecular complexity index is 407. The molecule has 0 saturated carbocycles. The molecule has 1 unspecified atom stereocenters. The zero-order chi connectivity index (χ0) is 13.9. The third kappa shape index (κ3) is 4.35. The summed E-state index contributed by atoms with van der Waals surface area (Å²) >= 11 is 9.02. The first-order chi connectivity index (χ1) is 8.21. The Morgan fingerprint density at radius 2 is 2.00 bits per heavy atom. The number of rotatable bonds is 4. The van der Waals surface area contributed by atoms with E-state index in [1.54, 1.807) is 0 Å². The number of alkyl halides is 4. The van der Waals surface area contributed by atoms with E-state index in [2.05, 4.69) is 15.9 Å². The van der Waals surface area contributed by atoms with E-state index in [1.807, 2.05) is 18.9 Å². The molecule has 0 heterocycles. The number of anilines is 1. The second-order valence-corrected chi connectivity index (χ2v) is 5.75. The van der Waals surface area contributed by atoms with Crippen molar-refractivity contribution in [2.75, 3.05) is 18.5 Å². The quantitative estimate of drug-likeness (QED) is 0.701. The molecule has 1 aromatic carbocycles. The Kier molecular flexibility index (Phi) is 5.34. The van der Waals surface area contributed by atoms with Gasteiger partial charge >= 0.3 is 6.18 Å². The zero-order valence-corrected chi connectivity index (χ0v) is 12.4. The minimum atomic E-state index is -4.32. The SMILES string of the molecule is CC(Cl)CCN(C)c1ccc(C(F)(F)F)cc1Br. The molecule has 0 radical (unpaired) electrons. The van der Waals surface area contributed by atoms with Crippen molar-refractivity contribution in [1.82, 2.24) is 0 Å². The second kappa shape index (κ2) is 6.15. The highest BCUT2D eigenvalue weighted by Gasteiger charge is 2.31. The summed E-state index contributed by atoms with van der Waals surface area (Å²) in [5, 5.41) is 0.0423. The molecule has 0 aliphatic heterocycles. The van der Waals surface area contributed by atoms with E-state index in [4.69, 9.17) is 11.6 Å². The van der Waals surface area contributed by atoms with Crippen LogP contribution in [0.5, 0.6) is 0 Å². The molecule has 0 saturated heterocycles. The summed E-state index contributed by atoms with van der Waals surface area (Å²) in [5.41, 5.74) is 0.0672. The van der Waals surface area contributed by atoms with Gasteiger partial charge in [0.1, 0.15) is 0 Å². The van der Waals surface area contributed by atoms with Crippen LogP contribution in [0.3, 0.4) is 0 Å². The normalized spacial score (nSPS) is 13.5. The van der Waals surface area contributed by atoms with E-state index in [-0.39, 0.29) is 5.38 Å². The molecular weight excluding hydrogens is 330 g/mol. The third-order valence-electron chi connectivity index (χ3n) is 2.55. The van der Waals surface area contributed by atoms with Crippen LogP contribution in [0.25, 0.3) is 0 Å². The van der Waals surface area contributed by atoms with Crippen LogP contribution in [0.2, 0.25) is 0 Å². The molecule has 1 aromatic rings. The predicted octanol–water partition coefficient (Wildman–Crippen LogP) is 4.92. The predicted molar refractivity (Wildman–Crippen MR) is 72.3 cm³/mol. The summed E-state index contributed by atoms with van der Waals surface area (Å²) < 4.78 is 37.9. The van der Waals surface area contributed by atoms with Crippen LogP contribution in [0.15, 0.2) is 22.7 Å². The maximum atomic E-state index is 12.5. The molecule has 0 aliphatic carbocycles. The van der Waals surface area contributed by atoms with Crippen LogP contribution in [0, 0.1) is 0 Å². The number of hydrogen-bond acceptors (Lipinski definition) is 1. The van der Waals surface area contributed by atoms with E-state index in [0.29, 0.717) is 11.0 Å². The van der Waals surface area contributed by atoms with E-state index < -0.39 is 11.7 Å². The number of hydrogen-bond donors (Lipinski definition) is 0. The summed E-state index contributed by atoms with van der Waals surface area (Å²) in [4.78, 5) is 1.88. The first-order valence-electron chi connectivity index (χ1n) is 5.43. The van der Waals surface area contributed by atoms with Crippen molar-refractivity contribution in [2.24, 2.45) is 0 Å². The van der Waals surface area contributed by atoms with Crippen LogP contribution < -0.4 is 4.90 Å². The summed E-state index contributed by atoms with van der Waals surface area (Å²) in [6, 6.07) is 3.64. The van der Waals surface area contributed by atoms with Gasteiger partial charge in [-0.1, -0.05) is 0 Å². The molecule has 102 valence electrons. The smallest absolute Gasteiger partial charge is 0.374 e. The molecule has 0 aliphatic rings. The number of nitrogens with zero attached hydrogens (tertiary/aromatic N) is 1. The Balaban J connectivity index is 2.85. The monoisotopic (exact) mass is 343 g/mol. The minimum Gasteiger partial charge on any atom is -0.374 e. The van der Waals surface area contributed by atoms with E-state index in [0.717, 1.165) is 24.2 Å². The first kappa shape index (κ1) is 15.6. The van der Waals surface area contributed by atoms with Gasteiger partial charge < -0.3 is 4.90 Å². The van der Waals surface area contributed by atoms with Gasteiger partial charge in [-0.3, -0.25) is 0 Å². The van der Waals surface area contributed by atoms with Gasteiger partial charge in [-0.15, -0.1) is 11.6 Å². The molecule has 1 rings (SSSR count). The van der Waals surface area contributed by atoms with Gasteiger partial charge in [0.05, 0.1) is 11.3 Å². The van der Waals surface area contributed by atoms with E-state index in [1.165, 1.54) is 6.07 Å². The molecule has 0 spiro atoms. The maximum Gasteiger partial charge on any atom is 0.416 e. The Morgan fingerprint density at radius 1 is 1.39 bits per heavy atom. The molecular formula is C12H14BrClF3N. The summed E-state index contributed by atoms with van der Waals surface area (Å²) in [6.45, 7) is 2.58. The zero-order valence-electron chi connectivity index (χ0n) is 10.1. The topological polar surface area (TPSA) is 3.24 Å². The lowest BCUT2D eigenvalue weighted by Gasteiger charge is -2.22. The summed E-state index contributed by atoms with van der Waals surface area (Å²) in [6.07, 6.45) is -3.55. The fraction of sp³-hybridized carbons (Fsp3) is 0.500. The average Bonchev–Trinajstić information content (AvgIpc) is 2.24. The molecule has 18 heavy (non-hydrogen) atoms. The molecule has 1 nitrogen and oxygen atoms in total. The third-order valence-corrected chi connectivity index (χ3v) is 3.40. The lowest BCUT2D eigenvalue weighted by molar-refractivity contribution is -0.137. The highest BCUT2D eigenvalue weighted by Crippen LogP contribution is 2.35.